The van der Waals surface area contributed by atoms with Gasteiger partial charge in [0.05, 0.1) is 0 Å². The summed E-state index contributed by atoms with van der Waals surface area (Å²) in [5, 5.41) is 0. The summed E-state index contributed by atoms with van der Waals surface area (Å²) in [6, 6.07) is 15.6. The summed E-state index contributed by atoms with van der Waals surface area (Å²) >= 11 is 0. The Hall–Kier alpha value is -2.08. The van der Waals surface area contributed by atoms with Gasteiger partial charge in [-0.05, 0) is 40.7 Å². The van der Waals surface area contributed by atoms with E-state index in [-0.39, 0.29) is 0 Å². The maximum Gasteiger partial charge on any atom is 0.0210 e. The van der Waals surface area contributed by atoms with Gasteiger partial charge in [-0.3, -0.25) is 0 Å². The summed E-state index contributed by atoms with van der Waals surface area (Å²) in [6.45, 7) is 2.25. The van der Waals surface area contributed by atoms with E-state index in [9.17, 15) is 0 Å². The molecule has 0 aromatic heterocycles. The first-order valence-electron chi connectivity index (χ1n) is 7.96. The Labute approximate surface area is 126 Å². The highest BCUT2D eigenvalue weighted by Crippen LogP contribution is 2.41. The molecule has 21 heavy (non-hydrogen) atoms. The van der Waals surface area contributed by atoms with Gasteiger partial charge in [-0.2, -0.15) is 0 Å². The summed E-state index contributed by atoms with van der Waals surface area (Å²) in [5.41, 5.74) is 8.85. The lowest BCUT2D eigenvalue weighted by Gasteiger charge is -2.12. The molecule has 0 fully saturated rings. The molecule has 0 N–H and O–H groups in total. The third-order valence-corrected chi connectivity index (χ3v) is 4.70. The fraction of sp³-hybridized carbons (Fsp3) is 0.238. The number of hydrogen-bond acceptors (Lipinski definition) is 0. The fourth-order valence-corrected chi connectivity index (χ4v) is 3.71. The zero-order valence-corrected chi connectivity index (χ0v) is 12.5. The van der Waals surface area contributed by atoms with Crippen LogP contribution in [-0.2, 0) is 6.42 Å². The predicted octanol–water partition coefficient (Wildman–Crippen LogP) is 5.64. The predicted molar refractivity (Wildman–Crippen MR) is 89.6 cm³/mol. The molecule has 0 amide bonds. The van der Waals surface area contributed by atoms with E-state index in [1.54, 1.807) is 0 Å². The molecule has 0 nitrogen and oxygen atoms in total. The standard InChI is InChI=1S/C21H20/c1-2-6-15-11-12-17(13-15)19-9-5-10-20-18-8-4-3-7-16(18)14-21(19)20/h3-5,7-13,17H,2,6,14H2,1H3. The van der Waals surface area contributed by atoms with Crippen LogP contribution < -0.4 is 0 Å². The number of allylic oxidation sites excluding steroid dienone is 4. The van der Waals surface area contributed by atoms with Crippen LogP contribution in [-0.4, -0.2) is 0 Å². The Morgan fingerprint density at radius 1 is 1.00 bits per heavy atom. The van der Waals surface area contributed by atoms with Crippen molar-refractivity contribution in [2.45, 2.75) is 32.1 Å². The van der Waals surface area contributed by atoms with Gasteiger partial charge >= 0.3 is 0 Å². The van der Waals surface area contributed by atoms with Gasteiger partial charge in [0.25, 0.3) is 0 Å². The van der Waals surface area contributed by atoms with E-state index >= 15 is 0 Å². The Morgan fingerprint density at radius 2 is 1.86 bits per heavy atom. The van der Waals surface area contributed by atoms with Crippen LogP contribution in [0.15, 0.2) is 66.3 Å². The van der Waals surface area contributed by atoms with Crippen LogP contribution >= 0.6 is 0 Å². The third-order valence-electron chi connectivity index (χ3n) is 4.70. The second kappa shape index (κ2) is 5.04. The van der Waals surface area contributed by atoms with Crippen LogP contribution in [0.3, 0.4) is 0 Å². The Kier molecular flexibility index (Phi) is 3.03. The molecule has 104 valence electrons. The van der Waals surface area contributed by atoms with Gasteiger partial charge in [0.1, 0.15) is 0 Å². The van der Waals surface area contributed by atoms with Crippen molar-refractivity contribution in [2.24, 2.45) is 0 Å². The van der Waals surface area contributed by atoms with E-state index in [0.29, 0.717) is 5.92 Å². The van der Waals surface area contributed by atoms with Crippen LogP contribution in [0.5, 0.6) is 0 Å². The van der Waals surface area contributed by atoms with Crippen LogP contribution in [0.25, 0.3) is 11.1 Å². The largest absolute Gasteiger partial charge is 0.0730 e. The Morgan fingerprint density at radius 3 is 2.76 bits per heavy atom. The van der Waals surface area contributed by atoms with Crippen molar-refractivity contribution in [3.05, 3.63) is 83.0 Å². The van der Waals surface area contributed by atoms with E-state index in [2.05, 4.69) is 67.6 Å². The van der Waals surface area contributed by atoms with Crippen LogP contribution in [0.2, 0.25) is 0 Å². The van der Waals surface area contributed by atoms with Crippen molar-refractivity contribution >= 4 is 0 Å². The van der Waals surface area contributed by atoms with Crippen molar-refractivity contribution in [1.29, 1.82) is 0 Å². The van der Waals surface area contributed by atoms with E-state index in [4.69, 9.17) is 0 Å². The number of hydrogen-bond donors (Lipinski definition) is 0. The zero-order chi connectivity index (χ0) is 14.2. The van der Waals surface area contributed by atoms with Crippen molar-refractivity contribution in [3.63, 3.8) is 0 Å². The molecule has 2 aromatic carbocycles. The van der Waals surface area contributed by atoms with E-state index in [1.165, 1.54) is 46.2 Å². The molecule has 0 bridgehead atoms. The van der Waals surface area contributed by atoms with Gasteiger partial charge in [0, 0.05) is 5.92 Å². The first-order valence-corrected chi connectivity index (χ1v) is 7.96. The molecule has 0 heterocycles. The SMILES string of the molecule is CCCC1=CC(c2cccc3c2Cc2ccccc2-3)C=C1. The van der Waals surface area contributed by atoms with Gasteiger partial charge < -0.3 is 0 Å². The maximum absolute atomic E-state index is 2.45. The van der Waals surface area contributed by atoms with Crippen molar-refractivity contribution in [3.8, 4) is 11.1 Å². The van der Waals surface area contributed by atoms with Crippen molar-refractivity contribution in [2.75, 3.05) is 0 Å². The average Bonchev–Trinajstić information content (AvgIpc) is 3.11. The second-order valence-electron chi connectivity index (χ2n) is 6.08. The lowest BCUT2D eigenvalue weighted by Crippen LogP contribution is -1.96. The molecule has 0 spiro atoms. The molecule has 2 aliphatic rings. The molecular formula is C21H20. The first-order chi connectivity index (χ1) is 10.4. The quantitative estimate of drug-likeness (QED) is 0.579. The zero-order valence-electron chi connectivity index (χ0n) is 12.5. The molecule has 1 atom stereocenters. The molecule has 0 aliphatic heterocycles. The van der Waals surface area contributed by atoms with Crippen LogP contribution in [0.1, 0.15) is 42.4 Å². The number of rotatable bonds is 3. The summed E-state index contributed by atoms with van der Waals surface area (Å²) in [7, 11) is 0. The highest BCUT2D eigenvalue weighted by Gasteiger charge is 2.23. The monoisotopic (exact) mass is 272 g/mol. The maximum atomic E-state index is 2.45. The van der Waals surface area contributed by atoms with E-state index in [1.807, 2.05) is 0 Å². The Bertz CT molecular complexity index is 746. The lowest BCUT2D eigenvalue weighted by molar-refractivity contribution is 0.923. The summed E-state index contributed by atoms with van der Waals surface area (Å²) in [4.78, 5) is 0. The molecule has 2 aliphatic carbocycles. The molecule has 0 heteroatoms. The first kappa shape index (κ1) is 12.6. The van der Waals surface area contributed by atoms with Gasteiger partial charge in [-0.15, -0.1) is 0 Å². The Balaban J connectivity index is 1.76. The molecule has 0 saturated heterocycles. The minimum atomic E-state index is 0.468. The lowest BCUT2D eigenvalue weighted by atomic mass is 9.92. The topological polar surface area (TPSA) is 0 Å². The highest BCUT2D eigenvalue weighted by molar-refractivity contribution is 5.78. The van der Waals surface area contributed by atoms with Gasteiger partial charge in [-0.25, -0.2) is 0 Å². The highest BCUT2D eigenvalue weighted by atomic mass is 14.3. The minimum absolute atomic E-state index is 0.468. The normalized spacial score (nSPS) is 18.5. The summed E-state index contributed by atoms with van der Waals surface area (Å²) < 4.78 is 0. The number of benzene rings is 2. The van der Waals surface area contributed by atoms with E-state index < -0.39 is 0 Å². The van der Waals surface area contributed by atoms with Gasteiger partial charge in [-0.1, -0.05) is 79.6 Å². The molecule has 0 saturated carbocycles. The van der Waals surface area contributed by atoms with Gasteiger partial charge in [0.15, 0.2) is 0 Å². The molecule has 4 rings (SSSR count). The van der Waals surface area contributed by atoms with E-state index in [0.717, 1.165) is 6.42 Å². The van der Waals surface area contributed by atoms with Gasteiger partial charge in [0.2, 0.25) is 0 Å². The molecule has 0 radical (unpaired) electrons. The minimum Gasteiger partial charge on any atom is -0.0730 e. The van der Waals surface area contributed by atoms with Crippen LogP contribution in [0, 0.1) is 0 Å². The fourth-order valence-electron chi connectivity index (χ4n) is 3.71. The van der Waals surface area contributed by atoms with Crippen molar-refractivity contribution in [1.82, 2.24) is 0 Å². The van der Waals surface area contributed by atoms with Crippen molar-refractivity contribution < 1.29 is 0 Å². The summed E-state index contributed by atoms with van der Waals surface area (Å²) in [6.07, 6.45) is 10.6. The second-order valence-corrected chi connectivity index (χ2v) is 6.08. The summed E-state index contributed by atoms with van der Waals surface area (Å²) in [5.74, 6) is 0.468. The average molecular weight is 272 g/mol. The molecular weight excluding hydrogens is 252 g/mol. The van der Waals surface area contributed by atoms with Crippen LogP contribution in [0.4, 0.5) is 0 Å². The molecule has 2 aromatic rings. The number of fused-ring (bicyclic) bond motifs is 3. The third kappa shape index (κ3) is 2.06. The smallest absolute Gasteiger partial charge is 0.0210 e. The molecule has 1 unspecified atom stereocenters.